The minimum absolute atomic E-state index is 0.00150. The maximum Gasteiger partial charge on any atom is 0.308 e. The number of nitrogens with zero attached hydrogens (tertiary/aromatic N) is 1. The van der Waals surface area contributed by atoms with Crippen molar-refractivity contribution in [3.63, 3.8) is 0 Å². The third-order valence-electron chi connectivity index (χ3n) is 7.08. The molecule has 0 bridgehead atoms. The molecule has 3 rings (SSSR count). The van der Waals surface area contributed by atoms with E-state index in [1.165, 1.54) is 0 Å². The van der Waals surface area contributed by atoms with Crippen molar-refractivity contribution < 1.29 is 46.2 Å². The van der Waals surface area contributed by atoms with Crippen LogP contribution in [0.15, 0.2) is 6.07 Å². The average Bonchev–Trinajstić information content (AvgIpc) is 3.39. The molecule has 0 aromatic heterocycles. The highest BCUT2D eigenvalue weighted by Gasteiger charge is 2.33. The number of piperidine rings is 1. The lowest BCUT2D eigenvalue weighted by Crippen LogP contribution is -2.49. The van der Waals surface area contributed by atoms with Gasteiger partial charge in [0.2, 0.25) is 23.4 Å². The van der Waals surface area contributed by atoms with Crippen LogP contribution < -0.4 is 10.1 Å². The van der Waals surface area contributed by atoms with Crippen LogP contribution in [0.1, 0.15) is 72.1 Å². The van der Waals surface area contributed by atoms with Gasteiger partial charge in [-0.05, 0) is 52.4 Å². The number of amides is 2. The number of hydrogen-bond donors (Lipinski definition) is 1. The highest BCUT2D eigenvalue weighted by molar-refractivity contribution is 5.93. The molecule has 0 unspecified atom stereocenters. The molecule has 1 saturated carbocycles. The van der Waals surface area contributed by atoms with E-state index in [1.54, 1.807) is 25.7 Å². The number of carbonyl (C=O) groups is 4. The SMILES string of the molecule is CC(C)(C)OC(=O)C[C@H](NC(=O)C1CCN(C(=O)CC2CCCC2)CC1)C(=O)COc1c(F)c(F)cc(F)c1F. The molecule has 1 aromatic rings. The molecule has 1 aromatic carbocycles. The number of rotatable bonds is 10. The first-order valence-corrected chi connectivity index (χ1v) is 13.5. The van der Waals surface area contributed by atoms with Gasteiger partial charge in [0.15, 0.2) is 23.2 Å². The van der Waals surface area contributed by atoms with Crippen LogP contribution in [-0.2, 0) is 23.9 Å². The lowest BCUT2D eigenvalue weighted by molar-refractivity contribution is -0.156. The molecular weight excluding hydrogens is 536 g/mol. The van der Waals surface area contributed by atoms with Crippen LogP contribution in [-0.4, -0.2) is 59.8 Å². The Morgan fingerprint density at radius 3 is 2.10 bits per heavy atom. The second-order valence-corrected chi connectivity index (χ2v) is 11.4. The van der Waals surface area contributed by atoms with Crippen LogP contribution in [0.5, 0.6) is 5.75 Å². The zero-order valence-electron chi connectivity index (χ0n) is 23.0. The molecule has 1 heterocycles. The number of hydrogen-bond acceptors (Lipinski definition) is 6. The van der Waals surface area contributed by atoms with E-state index in [-0.39, 0.29) is 12.0 Å². The van der Waals surface area contributed by atoms with Crippen LogP contribution in [0.4, 0.5) is 17.6 Å². The normalized spacial score (nSPS) is 17.4. The quantitative estimate of drug-likeness (QED) is 0.256. The van der Waals surface area contributed by atoms with Crippen LogP contribution >= 0.6 is 0 Å². The van der Waals surface area contributed by atoms with Gasteiger partial charge in [0.25, 0.3) is 0 Å². The zero-order valence-corrected chi connectivity index (χ0v) is 23.0. The Bertz CT molecular complexity index is 1080. The van der Waals surface area contributed by atoms with E-state index in [2.05, 4.69) is 5.32 Å². The number of carbonyl (C=O) groups excluding carboxylic acids is 4. The van der Waals surface area contributed by atoms with Crippen molar-refractivity contribution >= 4 is 23.6 Å². The van der Waals surface area contributed by atoms with Gasteiger partial charge < -0.3 is 19.7 Å². The van der Waals surface area contributed by atoms with Crippen LogP contribution in [0.2, 0.25) is 0 Å². The fourth-order valence-electron chi connectivity index (χ4n) is 4.99. The summed E-state index contributed by atoms with van der Waals surface area (Å²) in [5.74, 6) is -10.9. The fraction of sp³-hybridized carbons (Fsp3) is 0.643. The van der Waals surface area contributed by atoms with E-state index in [4.69, 9.17) is 9.47 Å². The summed E-state index contributed by atoms with van der Waals surface area (Å²) in [6, 6.07) is -1.49. The van der Waals surface area contributed by atoms with Gasteiger partial charge in [-0.25, -0.2) is 8.78 Å². The van der Waals surface area contributed by atoms with Crippen molar-refractivity contribution in [3.8, 4) is 5.75 Å². The standard InChI is InChI=1S/C28H36F4N2O6/c1-28(2,3)40-23(37)14-20(21(35)15-39-26-24(31)18(29)13-19(30)25(26)32)33-27(38)17-8-10-34(11-9-17)22(36)12-16-6-4-5-7-16/h13,16-17,20H,4-12,14-15H2,1-3H3,(H,33,38)/t20-/m0/s1. The van der Waals surface area contributed by atoms with Gasteiger partial charge in [-0.3, -0.25) is 19.2 Å². The molecule has 1 aliphatic heterocycles. The number of nitrogens with one attached hydrogen (secondary N) is 1. The van der Waals surface area contributed by atoms with E-state index in [9.17, 15) is 36.7 Å². The molecule has 12 heteroatoms. The third-order valence-corrected chi connectivity index (χ3v) is 7.08. The molecule has 0 radical (unpaired) electrons. The topological polar surface area (TPSA) is 102 Å². The van der Waals surface area contributed by atoms with Crippen LogP contribution in [0.25, 0.3) is 0 Å². The number of benzene rings is 1. The number of likely N-dealkylation sites (tertiary alicyclic amines) is 1. The van der Waals surface area contributed by atoms with Gasteiger partial charge >= 0.3 is 5.97 Å². The molecule has 0 spiro atoms. The summed E-state index contributed by atoms with van der Waals surface area (Å²) in [6.45, 7) is 4.49. The molecule has 2 fully saturated rings. The average molecular weight is 573 g/mol. The van der Waals surface area contributed by atoms with E-state index in [1.807, 2.05) is 0 Å². The van der Waals surface area contributed by atoms with Crippen molar-refractivity contribution in [3.05, 3.63) is 29.3 Å². The highest BCUT2D eigenvalue weighted by atomic mass is 19.2. The van der Waals surface area contributed by atoms with Gasteiger partial charge in [-0.15, -0.1) is 0 Å². The van der Waals surface area contributed by atoms with Gasteiger partial charge in [-0.1, -0.05) is 12.8 Å². The van der Waals surface area contributed by atoms with Gasteiger partial charge in [0.1, 0.15) is 18.2 Å². The highest BCUT2D eigenvalue weighted by Crippen LogP contribution is 2.29. The largest absolute Gasteiger partial charge is 0.479 e. The first-order valence-electron chi connectivity index (χ1n) is 13.5. The summed E-state index contributed by atoms with van der Waals surface area (Å²) in [5, 5.41) is 2.49. The summed E-state index contributed by atoms with van der Waals surface area (Å²) < 4.78 is 64.9. The van der Waals surface area contributed by atoms with E-state index >= 15 is 0 Å². The smallest absolute Gasteiger partial charge is 0.308 e. The van der Waals surface area contributed by atoms with Crippen molar-refractivity contribution in [1.29, 1.82) is 0 Å². The Kier molecular flexibility index (Phi) is 10.5. The Balaban J connectivity index is 1.62. The van der Waals surface area contributed by atoms with Gasteiger partial charge in [-0.2, -0.15) is 8.78 Å². The predicted molar refractivity (Wildman–Crippen MR) is 135 cm³/mol. The summed E-state index contributed by atoms with van der Waals surface area (Å²) in [5.41, 5.74) is -0.894. The Morgan fingerprint density at radius 1 is 0.975 bits per heavy atom. The number of esters is 1. The molecule has 2 aliphatic rings. The molecule has 222 valence electrons. The van der Waals surface area contributed by atoms with Crippen LogP contribution in [0.3, 0.4) is 0 Å². The number of ether oxygens (including phenoxy) is 2. The molecule has 1 aliphatic carbocycles. The molecule has 1 saturated heterocycles. The molecule has 40 heavy (non-hydrogen) atoms. The van der Waals surface area contributed by atoms with Crippen molar-refractivity contribution in [2.24, 2.45) is 11.8 Å². The second kappa shape index (κ2) is 13.5. The minimum Gasteiger partial charge on any atom is -0.479 e. The Morgan fingerprint density at radius 2 is 1.55 bits per heavy atom. The van der Waals surface area contributed by atoms with Crippen molar-refractivity contribution in [2.45, 2.75) is 83.8 Å². The maximum atomic E-state index is 14.0. The molecule has 1 N–H and O–H groups in total. The van der Waals surface area contributed by atoms with E-state index in [0.717, 1.165) is 25.7 Å². The minimum atomic E-state index is -1.83. The number of halogens is 4. The monoisotopic (exact) mass is 572 g/mol. The van der Waals surface area contributed by atoms with Gasteiger partial charge in [0.05, 0.1) is 6.42 Å². The molecular formula is C28H36F4N2O6. The first-order chi connectivity index (χ1) is 18.7. The summed E-state index contributed by atoms with van der Waals surface area (Å²) in [7, 11) is 0. The van der Waals surface area contributed by atoms with Crippen LogP contribution in [0, 0.1) is 35.1 Å². The molecule has 2 amide bonds. The van der Waals surface area contributed by atoms with E-state index < -0.39 is 77.3 Å². The summed E-state index contributed by atoms with van der Waals surface area (Å²) >= 11 is 0. The molecule has 8 nitrogen and oxygen atoms in total. The van der Waals surface area contributed by atoms with Crippen molar-refractivity contribution in [2.75, 3.05) is 19.7 Å². The number of Topliss-reactive ketones (excluding diaryl/α,β-unsaturated/α-hetero) is 1. The fourth-order valence-corrected chi connectivity index (χ4v) is 4.99. The van der Waals surface area contributed by atoms with Gasteiger partial charge in [0, 0.05) is 31.5 Å². The maximum absolute atomic E-state index is 14.0. The number of ketones is 1. The molecule has 1 atom stereocenters. The summed E-state index contributed by atoms with van der Waals surface area (Å²) in [4.78, 5) is 52.7. The first kappa shape index (κ1) is 31.3. The predicted octanol–water partition coefficient (Wildman–Crippen LogP) is 4.23. The zero-order chi connectivity index (χ0) is 29.6. The van der Waals surface area contributed by atoms with E-state index in [0.29, 0.717) is 38.3 Å². The Labute approximate surface area is 230 Å². The summed E-state index contributed by atoms with van der Waals surface area (Å²) in [6.07, 6.45) is 4.97. The van der Waals surface area contributed by atoms with Crippen molar-refractivity contribution in [1.82, 2.24) is 10.2 Å². The lowest BCUT2D eigenvalue weighted by atomic mass is 9.94. The Hall–Kier alpha value is -3.18. The second-order valence-electron chi connectivity index (χ2n) is 11.4. The lowest BCUT2D eigenvalue weighted by Gasteiger charge is -2.32. The third kappa shape index (κ3) is 8.66.